The SMILES string of the molecule is COC(=O)C12CCCC=C1CCC2. The molecule has 0 amide bonds. The van der Waals surface area contributed by atoms with Gasteiger partial charge in [-0.2, -0.15) is 0 Å². The molecule has 0 spiro atoms. The van der Waals surface area contributed by atoms with E-state index in [2.05, 4.69) is 6.08 Å². The van der Waals surface area contributed by atoms with Gasteiger partial charge in [-0.25, -0.2) is 0 Å². The minimum absolute atomic E-state index is 0.00375. The first-order valence-corrected chi connectivity index (χ1v) is 5.07. The van der Waals surface area contributed by atoms with E-state index in [9.17, 15) is 4.79 Å². The van der Waals surface area contributed by atoms with Gasteiger partial charge in [0.1, 0.15) is 0 Å². The fraction of sp³-hybridized carbons (Fsp3) is 0.727. The van der Waals surface area contributed by atoms with Gasteiger partial charge in [0, 0.05) is 0 Å². The zero-order valence-electron chi connectivity index (χ0n) is 8.14. The van der Waals surface area contributed by atoms with Crippen LogP contribution in [-0.4, -0.2) is 13.1 Å². The van der Waals surface area contributed by atoms with Gasteiger partial charge in [0.15, 0.2) is 0 Å². The van der Waals surface area contributed by atoms with Crippen molar-refractivity contribution in [3.05, 3.63) is 11.6 Å². The minimum atomic E-state index is -0.201. The topological polar surface area (TPSA) is 26.3 Å². The number of fused-ring (bicyclic) bond motifs is 1. The molecule has 2 rings (SSSR count). The second kappa shape index (κ2) is 3.17. The lowest BCUT2D eigenvalue weighted by atomic mass is 9.74. The highest BCUT2D eigenvalue weighted by Crippen LogP contribution is 2.49. The van der Waals surface area contributed by atoms with Crippen LogP contribution in [0.1, 0.15) is 38.5 Å². The third-order valence-electron chi connectivity index (χ3n) is 3.44. The van der Waals surface area contributed by atoms with Gasteiger partial charge in [-0.05, 0) is 38.5 Å². The first-order chi connectivity index (χ1) is 6.29. The zero-order chi connectivity index (χ0) is 9.31. The van der Waals surface area contributed by atoms with Gasteiger partial charge in [-0.15, -0.1) is 0 Å². The molecule has 1 saturated carbocycles. The largest absolute Gasteiger partial charge is 0.468 e. The molecule has 0 aromatic heterocycles. The highest BCUT2D eigenvalue weighted by atomic mass is 16.5. The Bertz CT molecular complexity index is 255. The van der Waals surface area contributed by atoms with Crippen molar-refractivity contribution in [3.8, 4) is 0 Å². The van der Waals surface area contributed by atoms with Crippen LogP contribution in [0, 0.1) is 5.41 Å². The molecule has 2 aliphatic carbocycles. The maximum absolute atomic E-state index is 11.7. The van der Waals surface area contributed by atoms with Crippen LogP contribution in [0.3, 0.4) is 0 Å². The molecule has 0 heterocycles. The number of carbonyl (C=O) groups is 1. The standard InChI is InChI=1S/C11H16O2/c1-13-10(12)11-7-3-2-5-9(11)6-4-8-11/h5H,2-4,6-8H2,1H3. The van der Waals surface area contributed by atoms with Crippen LogP contribution in [0.5, 0.6) is 0 Å². The molecule has 0 saturated heterocycles. The molecule has 13 heavy (non-hydrogen) atoms. The summed E-state index contributed by atoms with van der Waals surface area (Å²) in [5, 5.41) is 0. The number of ether oxygens (including phenoxy) is 1. The Kier molecular flexibility index (Phi) is 2.14. The van der Waals surface area contributed by atoms with Crippen molar-refractivity contribution >= 4 is 5.97 Å². The summed E-state index contributed by atoms with van der Waals surface area (Å²) >= 11 is 0. The number of carbonyl (C=O) groups excluding carboxylic acids is 1. The molecule has 0 radical (unpaired) electrons. The van der Waals surface area contributed by atoms with Crippen molar-refractivity contribution in [2.45, 2.75) is 38.5 Å². The van der Waals surface area contributed by atoms with E-state index in [1.54, 1.807) is 0 Å². The average molecular weight is 180 g/mol. The monoisotopic (exact) mass is 180 g/mol. The molecule has 1 unspecified atom stereocenters. The third-order valence-corrected chi connectivity index (χ3v) is 3.44. The van der Waals surface area contributed by atoms with E-state index >= 15 is 0 Å². The van der Waals surface area contributed by atoms with Crippen LogP contribution in [0.25, 0.3) is 0 Å². The Morgan fingerprint density at radius 1 is 1.46 bits per heavy atom. The van der Waals surface area contributed by atoms with Crippen molar-refractivity contribution in [1.29, 1.82) is 0 Å². The predicted molar refractivity (Wildman–Crippen MR) is 50.2 cm³/mol. The normalized spacial score (nSPS) is 32.2. The lowest BCUT2D eigenvalue weighted by molar-refractivity contribution is -0.150. The number of methoxy groups -OCH3 is 1. The average Bonchev–Trinajstić information content (AvgIpc) is 2.61. The quantitative estimate of drug-likeness (QED) is 0.457. The van der Waals surface area contributed by atoms with Gasteiger partial charge in [0.2, 0.25) is 0 Å². The van der Waals surface area contributed by atoms with Crippen molar-refractivity contribution in [2.75, 3.05) is 7.11 Å². The number of esters is 1. The molecule has 2 aliphatic rings. The molecule has 1 fully saturated rings. The van der Waals surface area contributed by atoms with Crippen molar-refractivity contribution < 1.29 is 9.53 Å². The van der Waals surface area contributed by atoms with Gasteiger partial charge < -0.3 is 4.74 Å². The Hall–Kier alpha value is -0.790. The molecule has 1 atom stereocenters. The molecule has 0 aromatic carbocycles. The maximum Gasteiger partial charge on any atom is 0.315 e. The highest BCUT2D eigenvalue weighted by Gasteiger charge is 2.46. The number of rotatable bonds is 1. The lowest BCUT2D eigenvalue weighted by Crippen LogP contribution is -2.32. The van der Waals surface area contributed by atoms with Crippen LogP contribution in [-0.2, 0) is 9.53 Å². The summed E-state index contributed by atoms with van der Waals surface area (Å²) in [6.07, 6.45) is 8.81. The molecule has 2 heteroatoms. The van der Waals surface area contributed by atoms with E-state index in [-0.39, 0.29) is 11.4 Å². The second-order valence-corrected chi connectivity index (χ2v) is 4.05. The van der Waals surface area contributed by atoms with Crippen molar-refractivity contribution in [1.82, 2.24) is 0 Å². The van der Waals surface area contributed by atoms with Crippen LogP contribution >= 0.6 is 0 Å². The predicted octanol–water partition coefficient (Wildman–Crippen LogP) is 2.44. The van der Waals surface area contributed by atoms with E-state index in [0.717, 1.165) is 38.5 Å². The smallest absolute Gasteiger partial charge is 0.315 e. The van der Waals surface area contributed by atoms with Gasteiger partial charge in [0.05, 0.1) is 12.5 Å². The van der Waals surface area contributed by atoms with Crippen LogP contribution in [0.4, 0.5) is 0 Å². The van der Waals surface area contributed by atoms with Crippen LogP contribution < -0.4 is 0 Å². The summed E-state index contributed by atoms with van der Waals surface area (Å²) in [5.41, 5.74) is 1.15. The summed E-state index contributed by atoms with van der Waals surface area (Å²) in [4.78, 5) is 11.7. The van der Waals surface area contributed by atoms with Gasteiger partial charge in [-0.3, -0.25) is 4.79 Å². The molecule has 0 N–H and O–H groups in total. The Labute approximate surface area is 79.0 Å². The third kappa shape index (κ3) is 1.19. The number of hydrogen-bond donors (Lipinski definition) is 0. The second-order valence-electron chi connectivity index (χ2n) is 4.05. The van der Waals surface area contributed by atoms with Crippen LogP contribution in [0.2, 0.25) is 0 Å². The first kappa shape index (κ1) is 8.79. The van der Waals surface area contributed by atoms with Crippen LogP contribution in [0.15, 0.2) is 11.6 Å². The van der Waals surface area contributed by atoms with Gasteiger partial charge >= 0.3 is 5.97 Å². The molecular weight excluding hydrogens is 164 g/mol. The number of hydrogen-bond acceptors (Lipinski definition) is 2. The fourth-order valence-electron chi connectivity index (χ4n) is 2.77. The highest BCUT2D eigenvalue weighted by molar-refractivity contribution is 5.81. The Morgan fingerprint density at radius 2 is 2.23 bits per heavy atom. The van der Waals surface area contributed by atoms with E-state index in [1.807, 2.05) is 0 Å². The summed E-state index contributed by atoms with van der Waals surface area (Å²) in [6.45, 7) is 0. The minimum Gasteiger partial charge on any atom is -0.468 e. The summed E-state index contributed by atoms with van der Waals surface area (Å²) < 4.78 is 4.91. The number of allylic oxidation sites excluding steroid dienone is 1. The summed E-state index contributed by atoms with van der Waals surface area (Å²) in [7, 11) is 1.50. The lowest BCUT2D eigenvalue weighted by Gasteiger charge is -2.30. The first-order valence-electron chi connectivity index (χ1n) is 5.07. The fourth-order valence-corrected chi connectivity index (χ4v) is 2.77. The molecule has 0 aliphatic heterocycles. The van der Waals surface area contributed by atoms with E-state index < -0.39 is 0 Å². The molecule has 2 nitrogen and oxygen atoms in total. The molecule has 0 bridgehead atoms. The zero-order valence-corrected chi connectivity index (χ0v) is 8.14. The summed E-state index contributed by atoms with van der Waals surface area (Å²) in [5.74, 6) is -0.00375. The van der Waals surface area contributed by atoms with E-state index in [0.29, 0.717) is 0 Å². The van der Waals surface area contributed by atoms with Gasteiger partial charge in [0.25, 0.3) is 0 Å². The van der Waals surface area contributed by atoms with Crippen molar-refractivity contribution in [2.24, 2.45) is 5.41 Å². The molecule has 72 valence electrons. The Morgan fingerprint density at radius 3 is 3.00 bits per heavy atom. The van der Waals surface area contributed by atoms with E-state index in [1.165, 1.54) is 12.7 Å². The summed E-state index contributed by atoms with van der Waals surface area (Å²) in [6, 6.07) is 0. The Balaban J connectivity index is 2.32. The van der Waals surface area contributed by atoms with Crippen molar-refractivity contribution in [3.63, 3.8) is 0 Å². The molecule has 0 aromatic rings. The van der Waals surface area contributed by atoms with E-state index in [4.69, 9.17) is 4.74 Å². The van der Waals surface area contributed by atoms with Gasteiger partial charge in [-0.1, -0.05) is 11.6 Å². The maximum atomic E-state index is 11.7. The molecular formula is C11H16O2.